The molecule has 1 saturated heterocycles. The molecule has 1 aromatic heterocycles. The van der Waals surface area contributed by atoms with E-state index in [1.165, 1.54) is 45.1 Å². The lowest BCUT2D eigenvalue weighted by atomic mass is 9.90. The molecule has 1 aliphatic carbocycles. The summed E-state index contributed by atoms with van der Waals surface area (Å²) in [6, 6.07) is 10.7. The molecule has 2 aromatic rings. The third kappa shape index (κ3) is 4.30. The van der Waals surface area contributed by atoms with E-state index in [0.29, 0.717) is 18.0 Å². The Kier molecular flexibility index (Phi) is 5.92. The topological polar surface area (TPSA) is 56.1 Å². The summed E-state index contributed by atoms with van der Waals surface area (Å²) in [6.45, 7) is 4.05. The van der Waals surface area contributed by atoms with Crippen LogP contribution in [0, 0.1) is 0 Å². The summed E-state index contributed by atoms with van der Waals surface area (Å²) in [4.78, 5) is 4.41. The van der Waals surface area contributed by atoms with Gasteiger partial charge < -0.3 is 4.74 Å². The fraction of sp³-hybridized carbons (Fsp3) is 0.650. The van der Waals surface area contributed by atoms with Gasteiger partial charge in [0.05, 0.1) is 19.3 Å². The summed E-state index contributed by atoms with van der Waals surface area (Å²) >= 11 is 0. The van der Waals surface area contributed by atoms with E-state index >= 15 is 0 Å². The second-order valence-electron chi connectivity index (χ2n) is 7.43. The number of ether oxygens (including phenoxy) is 1. The molecule has 140 valence electrons. The van der Waals surface area contributed by atoms with Crippen LogP contribution < -0.4 is 0 Å². The molecular formula is C20H29N5O. The van der Waals surface area contributed by atoms with E-state index in [-0.39, 0.29) is 0 Å². The highest BCUT2D eigenvalue weighted by atomic mass is 16.5. The molecule has 0 radical (unpaired) electrons. The van der Waals surface area contributed by atoms with E-state index in [9.17, 15) is 0 Å². The van der Waals surface area contributed by atoms with Crippen molar-refractivity contribution >= 4 is 0 Å². The smallest absolute Gasteiger partial charge is 0.204 e. The maximum atomic E-state index is 5.97. The van der Waals surface area contributed by atoms with Gasteiger partial charge in [-0.2, -0.15) is 4.80 Å². The number of aromatic nitrogens is 4. The minimum atomic E-state index is 0.494. The highest BCUT2D eigenvalue weighted by Crippen LogP contribution is 2.28. The van der Waals surface area contributed by atoms with E-state index in [0.717, 1.165) is 31.7 Å². The summed E-state index contributed by atoms with van der Waals surface area (Å²) in [7, 11) is 0. The van der Waals surface area contributed by atoms with Gasteiger partial charge in [-0.25, -0.2) is 0 Å². The number of aryl methyl sites for hydroxylation is 1. The van der Waals surface area contributed by atoms with Gasteiger partial charge in [-0.05, 0) is 37.4 Å². The molecule has 6 nitrogen and oxygen atoms in total. The summed E-state index contributed by atoms with van der Waals surface area (Å²) < 4.78 is 5.97. The number of morpholine rings is 1. The highest BCUT2D eigenvalue weighted by Gasteiger charge is 2.33. The van der Waals surface area contributed by atoms with E-state index in [1.54, 1.807) is 4.80 Å². The van der Waals surface area contributed by atoms with Crippen LogP contribution in [-0.4, -0.2) is 56.9 Å². The van der Waals surface area contributed by atoms with Crippen LogP contribution in [0.3, 0.4) is 0 Å². The van der Waals surface area contributed by atoms with Gasteiger partial charge in [-0.3, -0.25) is 4.90 Å². The fourth-order valence-corrected chi connectivity index (χ4v) is 4.24. The van der Waals surface area contributed by atoms with Crippen molar-refractivity contribution < 1.29 is 4.74 Å². The maximum Gasteiger partial charge on any atom is 0.204 e. The zero-order valence-corrected chi connectivity index (χ0v) is 15.5. The molecule has 0 spiro atoms. The summed E-state index contributed by atoms with van der Waals surface area (Å²) in [6.07, 6.45) is 9.31. The molecule has 26 heavy (non-hydrogen) atoms. The number of tetrazole rings is 1. The molecule has 0 bridgehead atoms. The Morgan fingerprint density at radius 2 is 1.85 bits per heavy atom. The highest BCUT2D eigenvalue weighted by molar-refractivity contribution is 5.52. The molecule has 4 rings (SSSR count). The largest absolute Gasteiger partial charge is 0.375 e. The molecule has 2 heterocycles. The fourth-order valence-electron chi connectivity index (χ4n) is 4.24. The van der Waals surface area contributed by atoms with Gasteiger partial charge in [0.2, 0.25) is 5.82 Å². The van der Waals surface area contributed by atoms with Gasteiger partial charge >= 0.3 is 0 Å². The van der Waals surface area contributed by atoms with Gasteiger partial charge in [0.1, 0.15) is 0 Å². The van der Waals surface area contributed by atoms with E-state index in [4.69, 9.17) is 4.74 Å². The Labute approximate surface area is 155 Å². The number of unbranched alkanes of at least 4 members (excludes halogenated alkanes) is 2. The van der Waals surface area contributed by atoms with Gasteiger partial charge in [0.15, 0.2) is 0 Å². The molecule has 0 amide bonds. The van der Waals surface area contributed by atoms with Crippen LogP contribution in [0.25, 0.3) is 11.4 Å². The summed E-state index contributed by atoms with van der Waals surface area (Å²) in [5.41, 5.74) is 1.02. The molecule has 2 aliphatic rings. The standard InChI is InChI=1S/C20H29N5O/c1-3-9-17(10-4-1)20-21-23-25(22-20)14-8-2-7-13-24-15-16-26-19-12-6-5-11-18(19)24/h1,3-4,9-10,18-19H,2,5-8,11-16H2. The van der Waals surface area contributed by atoms with Gasteiger partial charge in [0, 0.05) is 18.2 Å². The average Bonchev–Trinajstić information content (AvgIpc) is 3.17. The molecule has 2 unspecified atom stereocenters. The minimum absolute atomic E-state index is 0.494. The van der Waals surface area contributed by atoms with Crippen LogP contribution >= 0.6 is 0 Å². The Hall–Kier alpha value is -1.79. The molecule has 1 saturated carbocycles. The van der Waals surface area contributed by atoms with Crippen molar-refractivity contribution in [2.75, 3.05) is 19.7 Å². The quantitative estimate of drug-likeness (QED) is 0.714. The zero-order valence-electron chi connectivity index (χ0n) is 15.5. The maximum absolute atomic E-state index is 5.97. The molecule has 2 atom stereocenters. The minimum Gasteiger partial charge on any atom is -0.375 e. The number of benzene rings is 1. The van der Waals surface area contributed by atoms with Crippen LogP contribution in [0.1, 0.15) is 44.9 Å². The number of rotatable bonds is 7. The van der Waals surface area contributed by atoms with Gasteiger partial charge in [-0.1, -0.05) is 49.6 Å². The Morgan fingerprint density at radius 1 is 1.00 bits per heavy atom. The number of hydrogen-bond acceptors (Lipinski definition) is 5. The normalized spacial score (nSPS) is 23.7. The third-order valence-electron chi connectivity index (χ3n) is 5.64. The molecular weight excluding hydrogens is 326 g/mol. The van der Waals surface area contributed by atoms with Crippen LogP contribution in [0.15, 0.2) is 30.3 Å². The SMILES string of the molecule is c1ccc(-c2nnn(CCCCCN3CCOC4CCCCC43)n2)cc1. The van der Waals surface area contributed by atoms with Crippen LogP contribution in [0.5, 0.6) is 0 Å². The van der Waals surface area contributed by atoms with Crippen LogP contribution in [0.4, 0.5) is 0 Å². The Balaban J connectivity index is 1.18. The predicted molar refractivity (Wildman–Crippen MR) is 101 cm³/mol. The predicted octanol–water partition coefficient (Wildman–Crippen LogP) is 3.15. The van der Waals surface area contributed by atoms with Gasteiger partial charge in [-0.15, -0.1) is 10.2 Å². The number of fused-ring (bicyclic) bond motifs is 1. The first kappa shape index (κ1) is 17.6. The second-order valence-corrected chi connectivity index (χ2v) is 7.43. The number of hydrogen-bond donors (Lipinski definition) is 0. The Morgan fingerprint density at radius 3 is 2.77 bits per heavy atom. The first-order chi connectivity index (χ1) is 12.9. The van der Waals surface area contributed by atoms with Crippen molar-refractivity contribution in [2.24, 2.45) is 0 Å². The van der Waals surface area contributed by atoms with Crippen LogP contribution in [-0.2, 0) is 11.3 Å². The first-order valence-electron chi connectivity index (χ1n) is 10.1. The monoisotopic (exact) mass is 355 g/mol. The van der Waals surface area contributed by atoms with Crippen molar-refractivity contribution in [3.8, 4) is 11.4 Å². The van der Waals surface area contributed by atoms with Crippen molar-refractivity contribution in [2.45, 2.75) is 63.6 Å². The first-order valence-corrected chi connectivity index (χ1v) is 10.1. The van der Waals surface area contributed by atoms with E-state index in [2.05, 4.69) is 20.3 Å². The average molecular weight is 355 g/mol. The van der Waals surface area contributed by atoms with Crippen molar-refractivity contribution in [1.82, 2.24) is 25.1 Å². The summed E-state index contributed by atoms with van der Waals surface area (Å²) in [5.74, 6) is 0.710. The van der Waals surface area contributed by atoms with E-state index < -0.39 is 0 Å². The second kappa shape index (κ2) is 8.73. The Bertz CT molecular complexity index is 672. The zero-order chi connectivity index (χ0) is 17.6. The van der Waals surface area contributed by atoms with Crippen molar-refractivity contribution in [1.29, 1.82) is 0 Å². The molecule has 2 fully saturated rings. The van der Waals surface area contributed by atoms with E-state index in [1.807, 2.05) is 30.3 Å². The molecule has 1 aromatic carbocycles. The van der Waals surface area contributed by atoms with Crippen molar-refractivity contribution in [3.05, 3.63) is 30.3 Å². The third-order valence-corrected chi connectivity index (χ3v) is 5.64. The number of nitrogens with zero attached hydrogens (tertiary/aromatic N) is 5. The summed E-state index contributed by atoms with van der Waals surface area (Å²) in [5, 5.41) is 12.8. The lowest BCUT2D eigenvalue weighted by Gasteiger charge is -2.43. The molecule has 6 heteroatoms. The molecule has 0 N–H and O–H groups in total. The lowest BCUT2D eigenvalue weighted by Crippen LogP contribution is -2.52. The van der Waals surface area contributed by atoms with Gasteiger partial charge in [0.25, 0.3) is 0 Å². The van der Waals surface area contributed by atoms with Crippen molar-refractivity contribution in [3.63, 3.8) is 0 Å². The molecule has 1 aliphatic heterocycles. The lowest BCUT2D eigenvalue weighted by molar-refractivity contribution is -0.0882. The van der Waals surface area contributed by atoms with Crippen LogP contribution in [0.2, 0.25) is 0 Å².